The first-order chi connectivity index (χ1) is 8.20. The van der Waals surface area contributed by atoms with Crippen LogP contribution in [0.5, 0.6) is 5.75 Å². The number of aromatic nitrogens is 1. The molecule has 1 aromatic rings. The van der Waals surface area contributed by atoms with Gasteiger partial charge in [0.25, 0.3) is 0 Å². The average Bonchev–Trinajstić information content (AvgIpc) is 2.40. The van der Waals surface area contributed by atoms with Gasteiger partial charge in [0, 0.05) is 12.3 Å². The van der Waals surface area contributed by atoms with Crippen LogP contribution in [-0.4, -0.2) is 37.1 Å². The second-order valence-electron chi connectivity index (χ2n) is 4.58. The Balaban J connectivity index is 2.32. The van der Waals surface area contributed by atoms with Crippen molar-refractivity contribution in [3.63, 3.8) is 0 Å². The van der Waals surface area contributed by atoms with Gasteiger partial charge in [-0.05, 0) is 39.0 Å². The summed E-state index contributed by atoms with van der Waals surface area (Å²) in [6, 6.07) is 6.15. The summed E-state index contributed by atoms with van der Waals surface area (Å²) in [6.07, 6.45) is 3.38. The normalized spacial score (nSPS) is 19.6. The molecule has 0 bridgehead atoms. The van der Waals surface area contributed by atoms with E-state index in [2.05, 4.69) is 23.0 Å². The molecule has 1 saturated heterocycles. The predicted molar refractivity (Wildman–Crippen MR) is 64.8 cm³/mol. The van der Waals surface area contributed by atoms with E-state index < -0.39 is 5.41 Å². The van der Waals surface area contributed by atoms with Gasteiger partial charge in [-0.2, -0.15) is 5.26 Å². The van der Waals surface area contributed by atoms with Crippen LogP contribution in [0.4, 0.5) is 0 Å². The average molecular weight is 231 g/mol. The number of methoxy groups -OCH3 is 1. The van der Waals surface area contributed by atoms with E-state index in [1.165, 1.54) is 0 Å². The van der Waals surface area contributed by atoms with Gasteiger partial charge in [0.15, 0.2) is 0 Å². The molecule has 0 saturated carbocycles. The number of hydrogen-bond acceptors (Lipinski definition) is 4. The third-order valence-electron chi connectivity index (χ3n) is 3.51. The van der Waals surface area contributed by atoms with Gasteiger partial charge in [-0.25, -0.2) is 0 Å². The van der Waals surface area contributed by atoms with E-state index in [0.717, 1.165) is 37.4 Å². The standard InChI is InChI=1S/C13H17N3O/c1-16-7-4-13(10-14,5-8-16)12-9-11(17-2)3-6-15-12/h3,6,9H,4-5,7-8H2,1-2H3. The molecule has 4 heteroatoms. The SMILES string of the molecule is COc1ccnc(C2(C#N)CCN(C)CC2)c1. The van der Waals surface area contributed by atoms with Crippen molar-refractivity contribution in [1.29, 1.82) is 5.26 Å². The van der Waals surface area contributed by atoms with Crippen molar-refractivity contribution in [3.05, 3.63) is 24.0 Å². The highest BCUT2D eigenvalue weighted by atomic mass is 16.5. The smallest absolute Gasteiger partial charge is 0.122 e. The highest BCUT2D eigenvalue weighted by Gasteiger charge is 2.37. The van der Waals surface area contributed by atoms with Gasteiger partial charge in [-0.1, -0.05) is 0 Å². The Kier molecular flexibility index (Phi) is 3.30. The Labute approximate surface area is 102 Å². The van der Waals surface area contributed by atoms with Gasteiger partial charge in [0.2, 0.25) is 0 Å². The van der Waals surface area contributed by atoms with Crippen molar-refractivity contribution in [2.45, 2.75) is 18.3 Å². The monoisotopic (exact) mass is 231 g/mol. The fraction of sp³-hybridized carbons (Fsp3) is 0.538. The van der Waals surface area contributed by atoms with E-state index in [1.54, 1.807) is 13.3 Å². The second-order valence-corrected chi connectivity index (χ2v) is 4.58. The quantitative estimate of drug-likeness (QED) is 0.775. The minimum Gasteiger partial charge on any atom is -0.497 e. The lowest BCUT2D eigenvalue weighted by atomic mass is 9.77. The molecular formula is C13H17N3O. The number of hydrogen-bond donors (Lipinski definition) is 0. The first-order valence-corrected chi connectivity index (χ1v) is 5.80. The Morgan fingerprint density at radius 2 is 2.18 bits per heavy atom. The molecule has 0 aromatic carbocycles. The van der Waals surface area contributed by atoms with Crippen molar-refractivity contribution in [2.24, 2.45) is 0 Å². The van der Waals surface area contributed by atoms with Crippen LogP contribution in [-0.2, 0) is 5.41 Å². The van der Waals surface area contributed by atoms with Crippen molar-refractivity contribution in [3.8, 4) is 11.8 Å². The first-order valence-electron chi connectivity index (χ1n) is 5.80. The number of likely N-dealkylation sites (tertiary alicyclic amines) is 1. The second kappa shape index (κ2) is 4.72. The third-order valence-corrected chi connectivity index (χ3v) is 3.51. The Morgan fingerprint density at radius 3 is 2.76 bits per heavy atom. The molecule has 0 aliphatic carbocycles. The van der Waals surface area contributed by atoms with Gasteiger partial charge in [-0.15, -0.1) is 0 Å². The van der Waals surface area contributed by atoms with Gasteiger partial charge < -0.3 is 9.64 Å². The van der Waals surface area contributed by atoms with Crippen molar-refractivity contribution >= 4 is 0 Å². The van der Waals surface area contributed by atoms with Crippen LogP contribution in [0.2, 0.25) is 0 Å². The van der Waals surface area contributed by atoms with E-state index in [0.29, 0.717) is 0 Å². The van der Waals surface area contributed by atoms with Gasteiger partial charge >= 0.3 is 0 Å². The maximum absolute atomic E-state index is 9.50. The predicted octanol–water partition coefficient (Wildman–Crippen LogP) is 1.58. The van der Waals surface area contributed by atoms with Crippen LogP contribution < -0.4 is 4.74 Å². The molecular weight excluding hydrogens is 214 g/mol. The zero-order valence-electron chi connectivity index (χ0n) is 10.3. The maximum Gasteiger partial charge on any atom is 0.122 e. The molecule has 0 radical (unpaired) electrons. The molecule has 4 nitrogen and oxygen atoms in total. The Hall–Kier alpha value is -1.60. The van der Waals surface area contributed by atoms with Crippen LogP contribution >= 0.6 is 0 Å². The van der Waals surface area contributed by atoms with E-state index >= 15 is 0 Å². The highest BCUT2D eigenvalue weighted by Crippen LogP contribution is 2.34. The molecule has 0 amide bonds. The molecule has 1 aromatic heterocycles. The summed E-state index contributed by atoms with van der Waals surface area (Å²) >= 11 is 0. The molecule has 1 aliphatic heterocycles. The number of nitrogens with zero attached hydrogens (tertiary/aromatic N) is 3. The molecule has 0 N–H and O–H groups in total. The highest BCUT2D eigenvalue weighted by molar-refractivity contribution is 5.33. The summed E-state index contributed by atoms with van der Waals surface area (Å²) in [5.41, 5.74) is 0.397. The molecule has 2 rings (SSSR count). The summed E-state index contributed by atoms with van der Waals surface area (Å²) < 4.78 is 5.20. The molecule has 2 heterocycles. The largest absolute Gasteiger partial charge is 0.497 e. The third kappa shape index (κ3) is 2.25. The van der Waals surface area contributed by atoms with Crippen LogP contribution in [0.1, 0.15) is 18.5 Å². The molecule has 0 spiro atoms. The fourth-order valence-electron chi connectivity index (χ4n) is 2.23. The zero-order chi connectivity index (χ0) is 12.3. The van der Waals surface area contributed by atoms with E-state index in [1.807, 2.05) is 12.1 Å². The molecule has 0 atom stereocenters. The number of ether oxygens (including phenoxy) is 1. The summed E-state index contributed by atoms with van der Waals surface area (Å²) in [5.74, 6) is 0.767. The lowest BCUT2D eigenvalue weighted by Gasteiger charge is -2.35. The fourth-order valence-corrected chi connectivity index (χ4v) is 2.23. The Morgan fingerprint density at radius 1 is 1.47 bits per heavy atom. The van der Waals surface area contributed by atoms with Crippen LogP contribution in [0.15, 0.2) is 18.3 Å². The van der Waals surface area contributed by atoms with Crippen molar-refractivity contribution < 1.29 is 4.74 Å². The van der Waals surface area contributed by atoms with E-state index in [-0.39, 0.29) is 0 Å². The zero-order valence-corrected chi connectivity index (χ0v) is 10.3. The molecule has 1 fully saturated rings. The molecule has 0 unspecified atom stereocenters. The summed E-state index contributed by atoms with van der Waals surface area (Å²) in [5, 5.41) is 9.50. The number of nitriles is 1. The summed E-state index contributed by atoms with van der Waals surface area (Å²) in [4.78, 5) is 6.60. The summed E-state index contributed by atoms with van der Waals surface area (Å²) in [7, 11) is 3.72. The van der Waals surface area contributed by atoms with Gasteiger partial charge in [-0.3, -0.25) is 4.98 Å². The topological polar surface area (TPSA) is 49.1 Å². The van der Waals surface area contributed by atoms with Crippen molar-refractivity contribution in [1.82, 2.24) is 9.88 Å². The van der Waals surface area contributed by atoms with Gasteiger partial charge in [0.1, 0.15) is 11.2 Å². The van der Waals surface area contributed by atoms with Crippen LogP contribution in [0, 0.1) is 11.3 Å². The molecule has 17 heavy (non-hydrogen) atoms. The first kappa shape index (κ1) is 11.9. The van der Waals surface area contributed by atoms with Gasteiger partial charge in [0.05, 0.1) is 18.9 Å². The van der Waals surface area contributed by atoms with E-state index in [9.17, 15) is 5.26 Å². The number of rotatable bonds is 2. The van der Waals surface area contributed by atoms with Crippen LogP contribution in [0.25, 0.3) is 0 Å². The Bertz CT molecular complexity index is 431. The summed E-state index contributed by atoms with van der Waals surface area (Å²) in [6.45, 7) is 1.87. The number of piperidine rings is 1. The lowest BCUT2D eigenvalue weighted by Crippen LogP contribution is -2.40. The number of pyridine rings is 1. The minimum atomic E-state index is -0.443. The van der Waals surface area contributed by atoms with E-state index in [4.69, 9.17) is 4.74 Å². The lowest BCUT2D eigenvalue weighted by molar-refractivity contribution is 0.219. The minimum absolute atomic E-state index is 0.443. The van der Waals surface area contributed by atoms with Crippen LogP contribution in [0.3, 0.4) is 0 Å². The molecule has 1 aliphatic rings. The molecule has 90 valence electrons. The maximum atomic E-state index is 9.50. The van der Waals surface area contributed by atoms with Crippen molar-refractivity contribution in [2.75, 3.05) is 27.2 Å².